The number of rotatable bonds is 6. The van der Waals surface area contributed by atoms with Crippen molar-refractivity contribution in [3.63, 3.8) is 0 Å². The molecule has 22 heavy (non-hydrogen) atoms. The van der Waals surface area contributed by atoms with Gasteiger partial charge in [-0.05, 0) is 46.6 Å². The summed E-state index contributed by atoms with van der Waals surface area (Å²) in [7, 11) is 3.35. The van der Waals surface area contributed by atoms with Crippen molar-refractivity contribution in [2.45, 2.75) is 6.92 Å². The highest BCUT2D eigenvalue weighted by atomic mass is 79.9. The molecule has 0 amide bonds. The van der Waals surface area contributed by atoms with E-state index in [0.29, 0.717) is 23.7 Å². The van der Waals surface area contributed by atoms with E-state index in [2.05, 4.69) is 21.0 Å². The molecule has 0 aliphatic rings. The lowest BCUT2D eigenvalue weighted by Crippen LogP contribution is -1.97. The summed E-state index contributed by atoms with van der Waals surface area (Å²) >= 11 is 3.46. The summed E-state index contributed by atoms with van der Waals surface area (Å²) in [5, 5.41) is 3.98. The molecule has 2 rings (SSSR count). The number of aromatic nitrogens is 2. The number of halogens is 1. The van der Waals surface area contributed by atoms with Crippen molar-refractivity contribution in [2.24, 2.45) is 7.05 Å². The number of allylic oxidation sites excluding steroid dienone is 1. The number of ketones is 1. The van der Waals surface area contributed by atoms with Gasteiger partial charge >= 0.3 is 0 Å². The van der Waals surface area contributed by atoms with Crippen LogP contribution in [0.3, 0.4) is 0 Å². The molecule has 0 atom stereocenters. The first kappa shape index (κ1) is 16.3. The number of benzene rings is 1. The topological polar surface area (TPSA) is 53.3 Å². The Balaban J connectivity index is 2.24. The Morgan fingerprint density at radius 1 is 1.45 bits per heavy atom. The predicted molar refractivity (Wildman–Crippen MR) is 88.4 cm³/mol. The highest BCUT2D eigenvalue weighted by Gasteiger charge is 2.10. The Kier molecular flexibility index (Phi) is 5.38. The zero-order valence-electron chi connectivity index (χ0n) is 12.7. The van der Waals surface area contributed by atoms with Crippen LogP contribution in [-0.4, -0.2) is 29.3 Å². The lowest BCUT2D eigenvalue weighted by Gasteiger charge is -2.12. The maximum atomic E-state index is 12.0. The molecule has 0 radical (unpaired) electrons. The summed E-state index contributed by atoms with van der Waals surface area (Å²) in [4.78, 5) is 12.0. The first-order valence-electron chi connectivity index (χ1n) is 6.76. The second-order valence-corrected chi connectivity index (χ2v) is 5.42. The number of hydrogen-bond acceptors (Lipinski definition) is 4. The molecule has 1 aromatic carbocycles. The molecule has 116 valence electrons. The van der Waals surface area contributed by atoms with E-state index in [1.165, 1.54) is 6.08 Å². The number of methoxy groups -OCH3 is 1. The van der Waals surface area contributed by atoms with Gasteiger partial charge in [-0.3, -0.25) is 9.48 Å². The van der Waals surface area contributed by atoms with Gasteiger partial charge in [0.05, 0.1) is 29.9 Å². The maximum Gasteiger partial charge on any atom is 0.189 e. The van der Waals surface area contributed by atoms with Gasteiger partial charge in [-0.15, -0.1) is 0 Å². The number of carbonyl (C=O) groups excluding carboxylic acids is 1. The van der Waals surface area contributed by atoms with Crippen LogP contribution in [0.5, 0.6) is 11.5 Å². The molecule has 0 aliphatic heterocycles. The van der Waals surface area contributed by atoms with E-state index in [1.807, 2.05) is 19.1 Å². The van der Waals surface area contributed by atoms with Crippen molar-refractivity contribution in [1.82, 2.24) is 9.78 Å². The maximum absolute atomic E-state index is 12.0. The van der Waals surface area contributed by atoms with Gasteiger partial charge in [-0.25, -0.2) is 0 Å². The number of carbonyl (C=O) groups is 1. The SMILES string of the molecule is CCOc1c(Br)cc(C=CC(=O)c2cnn(C)c2)cc1OC. The van der Waals surface area contributed by atoms with Crippen LogP contribution >= 0.6 is 15.9 Å². The third-order valence-electron chi connectivity index (χ3n) is 2.96. The standard InChI is InChI=1S/C16H17BrN2O3/c1-4-22-16-13(17)7-11(8-15(16)21-3)5-6-14(20)12-9-18-19(2)10-12/h5-10H,4H2,1-3H3. The number of hydrogen-bond donors (Lipinski definition) is 0. The third-order valence-corrected chi connectivity index (χ3v) is 3.55. The monoisotopic (exact) mass is 364 g/mol. The quantitative estimate of drug-likeness (QED) is 0.581. The van der Waals surface area contributed by atoms with Gasteiger partial charge in [0, 0.05) is 13.2 Å². The van der Waals surface area contributed by atoms with E-state index in [-0.39, 0.29) is 5.78 Å². The second kappa shape index (κ2) is 7.26. The Hall–Kier alpha value is -2.08. The molecule has 6 heteroatoms. The molecule has 5 nitrogen and oxygen atoms in total. The van der Waals surface area contributed by atoms with E-state index in [0.717, 1.165) is 10.0 Å². The normalized spacial score (nSPS) is 10.9. The fraction of sp³-hybridized carbons (Fsp3) is 0.250. The van der Waals surface area contributed by atoms with Crippen LogP contribution in [0.1, 0.15) is 22.8 Å². The van der Waals surface area contributed by atoms with E-state index in [1.54, 1.807) is 37.3 Å². The summed E-state index contributed by atoms with van der Waals surface area (Å²) < 4.78 is 13.2. The molecular weight excluding hydrogens is 348 g/mol. The number of aryl methyl sites for hydroxylation is 1. The largest absolute Gasteiger partial charge is 0.493 e. The van der Waals surface area contributed by atoms with Crippen molar-refractivity contribution in [2.75, 3.05) is 13.7 Å². The van der Waals surface area contributed by atoms with E-state index in [4.69, 9.17) is 9.47 Å². The molecule has 0 bridgehead atoms. The molecule has 0 spiro atoms. The van der Waals surface area contributed by atoms with Crippen LogP contribution in [0, 0.1) is 0 Å². The predicted octanol–water partition coefficient (Wildman–Crippen LogP) is 3.49. The summed E-state index contributed by atoms with van der Waals surface area (Å²) in [6.45, 7) is 2.45. The molecule has 0 N–H and O–H groups in total. The summed E-state index contributed by atoms with van der Waals surface area (Å²) in [6.07, 6.45) is 6.47. The van der Waals surface area contributed by atoms with Crippen LogP contribution in [0.2, 0.25) is 0 Å². The number of nitrogens with zero attached hydrogens (tertiary/aromatic N) is 2. The molecule has 1 heterocycles. The van der Waals surface area contributed by atoms with Gasteiger partial charge < -0.3 is 9.47 Å². The van der Waals surface area contributed by atoms with E-state index < -0.39 is 0 Å². The zero-order chi connectivity index (χ0) is 16.1. The molecular formula is C16H17BrN2O3. The van der Waals surface area contributed by atoms with Gasteiger partial charge in [0.25, 0.3) is 0 Å². The minimum absolute atomic E-state index is 0.0999. The lowest BCUT2D eigenvalue weighted by atomic mass is 10.1. The summed E-state index contributed by atoms with van der Waals surface area (Å²) in [5.41, 5.74) is 1.39. The van der Waals surface area contributed by atoms with Gasteiger partial charge in [-0.2, -0.15) is 5.10 Å². The molecule has 0 saturated carbocycles. The highest BCUT2D eigenvalue weighted by Crippen LogP contribution is 2.37. The minimum Gasteiger partial charge on any atom is -0.493 e. The molecule has 0 fully saturated rings. The first-order chi connectivity index (χ1) is 10.5. The minimum atomic E-state index is -0.0999. The van der Waals surface area contributed by atoms with Crippen LogP contribution in [-0.2, 0) is 7.05 Å². The van der Waals surface area contributed by atoms with Crippen molar-refractivity contribution in [1.29, 1.82) is 0 Å². The Labute approximate surface area is 137 Å². The van der Waals surface area contributed by atoms with Crippen LogP contribution in [0.15, 0.2) is 35.1 Å². The van der Waals surface area contributed by atoms with E-state index >= 15 is 0 Å². The van der Waals surface area contributed by atoms with Gasteiger partial charge in [0.1, 0.15) is 0 Å². The van der Waals surface area contributed by atoms with Crippen LogP contribution in [0.4, 0.5) is 0 Å². The Bertz CT molecular complexity index is 707. The van der Waals surface area contributed by atoms with Crippen molar-refractivity contribution < 1.29 is 14.3 Å². The van der Waals surface area contributed by atoms with Crippen molar-refractivity contribution in [3.8, 4) is 11.5 Å². The highest BCUT2D eigenvalue weighted by molar-refractivity contribution is 9.10. The van der Waals surface area contributed by atoms with Gasteiger partial charge in [0.15, 0.2) is 17.3 Å². The fourth-order valence-electron chi connectivity index (χ4n) is 1.94. The van der Waals surface area contributed by atoms with E-state index in [9.17, 15) is 4.79 Å². The van der Waals surface area contributed by atoms with Gasteiger partial charge in [-0.1, -0.05) is 6.08 Å². The van der Waals surface area contributed by atoms with Gasteiger partial charge in [0.2, 0.25) is 0 Å². The molecule has 1 aromatic heterocycles. The zero-order valence-corrected chi connectivity index (χ0v) is 14.3. The average Bonchev–Trinajstić information content (AvgIpc) is 2.93. The average molecular weight is 365 g/mol. The summed E-state index contributed by atoms with van der Waals surface area (Å²) in [6, 6.07) is 3.70. The first-order valence-corrected chi connectivity index (χ1v) is 7.55. The van der Waals surface area contributed by atoms with Crippen LogP contribution in [0.25, 0.3) is 6.08 Å². The lowest BCUT2D eigenvalue weighted by molar-refractivity contribution is 0.104. The van der Waals surface area contributed by atoms with Crippen molar-refractivity contribution >= 4 is 27.8 Å². The smallest absolute Gasteiger partial charge is 0.189 e. The molecule has 0 unspecified atom stereocenters. The Morgan fingerprint density at radius 2 is 2.23 bits per heavy atom. The molecule has 0 saturated heterocycles. The number of ether oxygens (including phenoxy) is 2. The van der Waals surface area contributed by atoms with Crippen LogP contribution < -0.4 is 9.47 Å². The Morgan fingerprint density at radius 3 is 2.82 bits per heavy atom. The summed E-state index contributed by atoms with van der Waals surface area (Å²) in [5.74, 6) is 1.17. The molecule has 2 aromatic rings. The fourth-order valence-corrected chi connectivity index (χ4v) is 2.51. The molecule has 0 aliphatic carbocycles. The second-order valence-electron chi connectivity index (χ2n) is 4.57. The third kappa shape index (κ3) is 3.76. The van der Waals surface area contributed by atoms with Crippen molar-refractivity contribution in [3.05, 3.63) is 46.2 Å².